The Morgan fingerprint density at radius 3 is 2.49 bits per heavy atom. The number of amides is 2. The molecule has 2 amide bonds. The first-order chi connectivity index (χ1) is 20.5. The normalized spacial score (nSPS) is 15.8. The molecule has 16 heteroatoms. The molecule has 0 aliphatic carbocycles. The highest BCUT2D eigenvalue weighted by atomic mass is 35.5. The minimum atomic E-state index is -1.91. The van der Waals surface area contributed by atoms with Crippen LogP contribution in [0.1, 0.15) is 16.9 Å². The van der Waals surface area contributed by atoms with Crippen LogP contribution < -0.4 is 10.1 Å². The van der Waals surface area contributed by atoms with Gasteiger partial charge in [0.25, 0.3) is 5.91 Å². The van der Waals surface area contributed by atoms with Gasteiger partial charge in [0, 0.05) is 30.8 Å². The molecule has 4 rings (SSSR count). The van der Waals surface area contributed by atoms with E-state index in [0.717, 1.165) is 0 Å². The molecule has 11 nitrogen and oxygen atoms in total. The van der Waals surface area contributed by atoms with Gasteiger partial charge in [0.2, 0.25) is 17.5 Å². The lowest BCUT2D eigenvalue weighted by Crippen LogP contribution is -2.49. The quantitative estimate of drug-likeness (QED) is 0.255. The molecule has 1 saturated heterocycles. The van der Waals surface area contributed by atoms with E-state index in [0.29, 0.717) is 10.6 Å². The van der Waals surface area contributed by atoms with Crippen LogP contribution in [0.3, 0.4) is 0 Å². The van der Waals surface area contributed by atoms with Crippen LogP contribution in [-0.4, -0.2) is 77.7 Å². The fraction of sp³-hybridized carbons (Fsp3) is 0.296. The number of hydrogen-bond acceptors (Lipinski definition) is 8. The second-order valence-corrected chi connectivity index (χ2v) is 9.70. The van der Waals surface area contributed by atoms with E-state index >= 15 is 0 Å². The van der Waals surface area contributed by atoms with Crippen molar-refractivity contribution in [3.05, 3.63) is 70.4 Å². The number of carbonyl (C=O) groups excluding carboxylic acids is 3. The van der Waals surface area contributed by atoms with Crippen LogP contribution in [0.2, 0.25) is 5.02 Å². The Morgan fingerprint density at radius 2 is 1.81 bits per heavy atom. The number of Topliss-reactive ketones (excluding diaryl/α,β-unsaturated/α-hetero) is 1. The zero-order valence-electron chi connectivity index (χ0n) is 22.0. The standard InChI is InChI=1S/C27H22ClF4N3O8/c28-15-4-2-1-3-14(15)21-8-19(34-43-21)27(40)35-5-6-41-11-13(10-35)26(39)33-18(9-22(37)38)20(36)12-42-25-23(31)16(29)7-17(30)24(25)32/h1-4,7-8,13,18H,5-6,9-12H2,(H,33,39)(H,37,38)/t13-,18-/m0/s1. The van der Waals surface area contributed by atoms with Gasteiger partial charge in [-0.05, 0) is 12.1 Å². The number of benzene rings is 2. The number of ether oxygens (including phenoxy) is 2. The van der Waals surface area contributed by atoms with Crippen LogP contribution in [0.4, 0.5) is 17.6 Å². The van der Waals surface area contributed by atoms with Crippen molar-refractivity contribution in [1.82, 2.24) is 15.4 Å². The molecular formula is C27H22ClF4N3O8. The average molecular weight is 628 g/mol. The summed E-state index contributed by atoms with van der Waals surface area (Å²) in [7, 11) is 0. The minimum Gasteiger partial charge on any atom is -0.481 e. The van der Waals surface area contributed by atoms with Crippen molar-refractivity contribution in [1.29, 1.82) is 0 Å². The lowest BCUT2D eigenvalue weighted by molar-refractivity contribution is -0.141. The van der Waals surface area contributed by atoms with E-state index in [1.54, 1.807) is 24.3 Å². The predicted molar refractivity (Wildman–Crippen MR) is 138 cm³/mol. The molecule has 0 unspecified atom stereocenters. The van der Waals surface area contributed by atoms with Gasteiger partial charge >= 0.3 is 5.97 Å². The molecule has 0 spiro atoms. The summed E-state index contributed by atoms with van der Waals surface area (Å²) >= 11 is 6.17. The molecule has 1 aliphatic rings. The number of carbonyl (C=O) groups is 4. The van der Waals surface area contributed by atoms with Crippen LogP contribution in [0, 0.1) is 29.2 Å². The maximum Gasteiger partial charge on any atom is 0.305 e. The highest BCUT2D eigenvalue weighted by molar-refractivity contribution is 6.33. The van der Waals surface area contributed by atoms with Gasteiger partial charge < -0.3 is 29.3 Å². The summed E-state index contributed by atoms with van der Waals surface area (Å²) in [6, 6.07) is 6.27. The number of halogens is 5. The van der Waals surface area contributed by atoms with Gasteiger partial charge in [0.15, 0.2) is 34.6 Å². The molecule has 2 aromatic carbocycles. The van der Waals surface area contributed by atoms with E-state index < -0.39 is 77.6 Å². The summed E-state index contributed by atoms with van der Waals surface area (Å²) in [6.07, 6.45) is -0.962. The first kappa shape index (κ1) is 31.4. The molecule has 0 bridgehead atoms. The van der Waals surface area contributed by atoms with Gasteiger partial charge in [-0.2, -0.15) is 8.78 Å². The molecule has 228 valence electrons. The van der Waals surface area contributed by atoms with Crippen molar-refractivity contribution >= 4 is 35.2 Å². The van der Waals surface area contributed by atoms with E-state index in [1.165, 1.54) is 11.0 Å². The molecule has 43 heavy (non-hydrogen) atoms. The van der Waals surface area contributed by atoms with Crippen molar-refractivity contribution in [2.24, 2.45) is 5.92 Å². The zero-order chi connectivity index (χ0) is 31.3. The van der Waals surface area contributed by atoms with Crippen LogP contribution in [0.5, 0.6) is 5.75 Å². The Bertz CT molecular complexity index is 1530. The first-order valence-corrected chi connectivity index (χ1v) is 12.9. The van der Waals surface area contributed by atoms with Crippen molar-refractivity contribution in [3.8, 4) is 17.1 Å². The van der Waals surface area contributed by atoms with Crippen LogP contribution in [0.15, 0.2) is 40.9 Å². The molecule has 2 N–H and O–H groups in total. The fourth-order valence-corrected chi connectivity index (χ4v) is 4.34. The lowest BCUT2D eigenvalue weighted by Gasteiger charge is -2.24. The third kappa shape index (κ3) is 7.48. The number of carboxylic acids is 1. The third-order valence-corrected chi connectivity index (χ3v) is 6.64. The molecule has 1 fully saturated rings. The summed E-state index contributed by atoms with van der Waals surface area (Å²) < 4.78 is 69.9. The average Bonchev–Trinajstić information content (AvgIpc) is 3.32. The maximum absolute atomic E-state index is 13.9. The van der Waals surface area contributed by atoms with E-state index in [-0.39, 0.29) is 43.8 Å². The maximum atomic E-state index is 13.9. The molecule has 0 saturated carbocycles. The highest BCUT2D eigenvalue weighted by Crippen LogP contribution is 2.29. The second-order valence-electron chi connectivity index (χ2n) is 9.29. The van der Waals surface area contributed by atoms with Gasteiger partial charge in [0.05, 0.1) is 30.6 Å². The van der Waals surface area contributed by atoms with Crippen molar-refractivity contribution in [2.75, 3.05) is 32.9 Å². The van der Waals surface area contributed by atoms with Gasteiger partial charge in [-0.25, -0.2) is 8.78 Å². The predicted octanol–water partition coefficient (Wildman–Crippen LogP) is 3.25. The monoisotopic (exact) mass is 627 g/mol. The summed E-state index contributed by atoms with van der Waals surface area (Å²) in [6.45, 7) is -1.56. The number of hydrogen-bond donors (Lipinski definition) is 2. The third-order valence-electron chi connectivity index (χ3n) is 6.31. The number of carboxylic acid groups (broad SMARTS) is 1. The Balaban J connectivity index is 1.43. The summed E-state index contributed by atoms with van der Waals surface area (Å²) in [5.74, 6) is -13.9. The van der Waals surface area contributed by atoms with E-state index in [4.69, 9.17) is 20.9 Å². The second kappa shape index (κ2) is 13.6. The van der Waals surface area contributed by atoms with Gasteiger partial charge in [-0.15, -0.1) is 0 Å². The Morgan fingerprint density at radius 1 is 1.12 bits per heavy atom. The molecule has 2 heterocycles. The Kier molecular flexibility index (Phi) is 9.98. The number of nitrogens with one attached hydrogen (secondary N) is 1. The number of aromatic nitrogens is 1. The van der Waals surface area contributed by atoms with E-state index in [9.17, 15) is 41.8 Å². The Labute approximate surface area is 245 Å². The summed E-state index contributed by atoms with van der Waals surface area (Å²) in [5, 5.41) is 15.6. The Hall–Kier alpha value is -4.50. The molecule has 1 aliphatic heterocycles. The van der Waals surface area contributed by atoms with Crippen molar-refractivity contribution in [2.45, 2.75) is 12.5 Å². The van der Waals surface area contributed by atoms with E-state index in [1.807, 2.05) is 0 Å². The fourth-order valence-electron chi connectivity index (χ4n) is 4.11. The van der Waals surface area contributed by atoms with Crippen molar-refractivity contribution < 1.29 is 55.8 Å². The number of nitrogens with zero attached hydrogens (tertiary/aromatic N) is 2. The molecule has 2 atom stereocenters. The van der Waals surface area contributed by atoms with Crippen LogP contribution in [0.25, 0.3) is 11.3 Å². The lowest BCUT2D eigenvalue weighted by atomic mass is 10.1. The molecule has 3 aromatic rings. The van der Waals surface area contributed by atoms with Crippen molar-refractivity contribution in [3.63, 3.8) is 0 Å². The minimum absolute atomic E-state index is 0.0391. The number of ketones is 1. The molecular weight excluding hydrogens is 606 g/mol. The largest absolute Gasteiger partial charge is 0.481 e. The summed E-state index contributed by atoms with van der Waals surface area (Å²) in [4.78, 5) is 51.5. The molecule has 1 aromatic heterocycles. The highest BCUT2D eigenvalue weighted by Gasteiger charge is 2.33. The van der Waals surface area contributed by atoms with Gasteiger partial charge in [0.1, 0.15) is 12.6 Å². The van der Waals surface area contributed by atoms with Gasteiger partial charge in [-0.3, -0.25) is 19.2 Å². The molecule has 0 radical (unpaired) electrons. The summed E-state index contributed by atoms with van der Waals surface area (Å²) in [5.41, 5.74) is 0.415. The SMILES string of the molecule is O=C(O)C[C@H](NC(=O)[C@@H]1COCCN(C(=O)c2cc(-c3ccccc3Cl)on2)C1)C(=O)COc1c(F)c(F)cc(F)c1F. The number of rotatable bonds is 10. The van der Waals surface area contributed by atoms with E-state index in [2.05, 4.69) is 15.2 Å². The topological polar surface area (TPSA) is 148 Å². The number of aliphatic carboxylic acids is 1. The van der Waals surface area contributed by atoms with Gasteiger partial charge in [-0.1, -0.05) is 28.9 Å². The van der Waals surface area contributed by atoms with Crippen LogP contribution >= 0.6 is 11.6 Å². The first-order valence-electron chi connectivity index (χ1n) is 12.6. The van der Waals surface area contributed by atoms with Crippen LogP contribution in [-0.2, 0) is 19.1 Å². The zero-order valence-corrected chi connectivity index (χ0v) is 22.7. The smallest absolute Gasteiger partial charge is 0.305 e.